The van der Waals surface area contributed by atoms with E-state index in [0.29, 0.717) is 5.92 Å². The molecule has 0 fully saturated rings. The third kappa shape index (κ3) is 3.46. The van der Waals surface area contributed by atoms with Gasteiger partial charge >= 0.3 is 0 Å². The van der Waals surface area contributed by atoms with Crippen LogP contribution >= 0.6 is 0 Å². The van der Waals surface area contributed by atoms with E-state index in [9.17, 15) is 0 Å². The van der Waals surface area contributed by atoms with Crippen LogP contribution in [0.2, 0.25) is 0 Å². The molecule has 0 saturated heterocycles. The molecule has 4 N–H and O–H groups in total. The summed E-state index contributed by atoms with van der Waals surface area (Å²) >= 11 is 0. The molecule has 0 radical (unpaired) electrons. The first-order chi connectivity index (χ1) is 3.50. The second-order valence-electron chi connectivity index (χ2n) is 3.11. The zero-order valence-electron chi connectivity index (χ0n) is 6.55. The molecule has 0 saturated carbocycles. The molecule has 0 aliphatic heterocycles. The van der Waals surface area contributed by atoms with Crippen LogP contribution in [0.4, 0.5) is 0 Å². The van der Waals surface area contributed by atoms with Crippen LogP contribution in [0.3, 0.4) is 0 Å². The average Bonchev–Trinajstić information content (AvgIpc) is 1.67. The van der Waals surface area contributed by atoms with Crippen LogP contribution in [0.5, 0.6) is 0 Å². The fraction of sp³-hybridized carbons (Fsp3) is 1.00. The monoisotopic (exact) mass is 135 g/mol. The van der Waals surface area contributed by atoms with Crippen molar-refractivity contribution in [2.75, 3.05) is 0 Å². The lowest BCUT2D eigenvalue weighted by molar-refractivity contribution is -0.935. The maximum absolute atomic E-state index is 8.64. The van der Waals surface area contributed by atoms with E-state index in [0.717, 1.165) is 0 Å². The molecule has 0 rings (SSSR count). The molecule has 0 heterocycles. The lowest BCUT2D eigenvalue weighted by Crippen LogP contribution is -2.94. The summed E-state index contributed by atoms with van der Waals surface area (Å²) in [6.45, 7) is 8.20. The first kappa shape index (κ1) is 11.6. The molecular weight excluding hydrogens is 118 g/mol. The van der Waals surface area contributed by atoms with Gasteiger partial charge < -0.3 is 5.48 Å². The third-order valence-corrected chi connectivity index (χ3v) is 1.82. The summed E-state index contributed by atoms with van der Waals surface area (Å²) in [5.74, 6) is 0.507. The molecule has 0 aromatic rings. The summed E-state index contributed by atoms with van der Waals surface area (Å²) in [7, 11) is 0. The van der Waals surface area contributed by atoms with Gasteiger partial charge in [0, 0.05) is 5.92 Å². The van der Waals surface area contributed by atoms with Gasteiger partial charge in [0.15, 0.2) is 0 Å². The summed E-state index contributed by atoms with van der Waals surface area (Å²) in [5, 5.41) is 8.64. The normalized spacial score (nSPS) is 11.3. The van der Waals surface area contributed by atoms with E-state index in [4.69, 9.17) is 5.21 Å². The minimum Gasteiger partial charge on any atom is -0.870 e. The van der Waals surface area contributed by atoms with Crippen LogP contribution in [0.25, 0.3) is 0 Å². The molecule has 3 heteroatoms. The molecule has 0 aliphatic rings. The quantitative estimate of drug-likeness (QED) is 0.531. The van der Waals surface area contributed by atoms with Crippen molar-refractivity contribution in [1.82, 2.24) is 0 Å². The maximum Gasteiger partial charge on any atom is 0.122 e. The van der Waals surface area contributed by atoms with Gasteiger partial charge in [-0.2, -0.15) is 5.48 Å². The van der Waals surface area contributed by atoms with Crippen molar-refractivity contribution in [2.24, 2.45) is 5.92 Å². The highest BCUT2D eigenvalue weighted by Crippen LogP contribution is 2.08. The Bertz CT molecular complexity index is 71.5. The topological polar surface area (TPSA) is 66.8 Å². The summed E-state index contributed by atoms with van der Waals surface area (Å²) in [6, 6.07) is 0. The van der Waals surface area contributed by atoms with Crippen molar-refractivity contribution in [3.8, 4) is 0 Å². The Morgan fingerprint density at radius 3 is 1.67 bits per heavy atom. The second kappa shape index (κ2) is 3.82. The minimum absolute atomic E-state index is 0. The largest absolute Gasteiger partial charge is 0.870 e. The average molecular weight is 135 g/mol. The highest BCUT2D eigenvalue weighted by atomic mass is 16.5. The van der Waals surface area contributed by atoms with E-state index < -0.39 is 0 Å². The molecule has 0 aromatic heterocycles. The SMILES string of the molecule is CC(C)C(C)(C)[NH2+]O.[OH-]. The van der Waals surface area contributed by atoms with Gasteiger partial charge in [0.05, 0.1) is 0 Å². The lowest BCUT2D eigenvalue weighted by Gasteiger charge is -2.21. The lowest BCUT2D eigenvalue weighted by atomic mass is 9.92. The molecule has 0 amide bonds. The Balaban J connectivity index is 0. The fourth-order valence-electron chi connectivity index (χ4n) is 0.149. The summed E-state index contributed by atoms with van der Waals surface area (Å²) in [6.07, 6.45) is 0. The van der Waals surface area contributed by atoms with Gasteiger partial charge in [-0.15, -0.1) is 0 Å². The van der Waals surface area contributed by atoms with Gasteiger partial charge in [0.2, 0.25) is 0 Å². The van der Waals surface area contributed by atoms with Gasteiger partial charge in [0.25, 0.3) is 0 Å². The fourth-order valence-corrected chi connectivity index (χ4v) is 0.149. The molecule has 0 atom stereocenters. The molecule has 0 aromatic carbocycles. The van der Waals surface area contributed by atoms with Gasteiger partial charge in [0.1, 0.15) is 5.54 Å². The molecule has 3 nitrogen and oxygen atoms in total. The highest BCUT2D eigenvalue weighted by molar-refractivity contribution is 4.66. The van der Waals surface area contributed by atoms with Crippen LogP contribution in [-0.4, -0.2) is 16.2 Å². The second-order valence-corrected chi connectivity index (χ2v) is 3.11. The van der Waals surface area contributed by atoms with Gasteiger partial charge in [-0.3, -0.25) is 0 Å². The van der Waals surface area contributed by atoms with E-state index in [1.807, 2.05) is 13.8 Å². The Morgan fingerprint density at radius 1 is 1.33 bits per heavy atom. The van der Waals surface area contributed by atoms with E-state index >= 15 is 0 Å². The number of hydrogen-bond acceptors (Lipinski definition) is 2. The molecule has 58 valence electrons. The standard InChI is InChI=1S/C6H15NO.H2O/c1-5(2)6(3,4)7-8;/h5,7-8H,1-4H3;1H2. The summed E-state index contributed by atoms with van der Waals surface area (Å²) in [4.78, 5) is 0. The molecule has 0 unspecified atom stereocenters. The Morgan fingerprint density at radius 2 is 1.67 bits per heavy atom. The van der Waals surface area contributed by atoms with Gasteiger partial charge in [-0.25, -0.2) is 5.21 Å². The molecule has 9 heavy (non-hydrogen) atoms. The van der Waals surface area contributed by atoms with Crippen molar-refractivity contribution < 1.29 is 16.2 Å². The number of hydrogen-bond donors (Lipinski definition) is 2. The first-order valence-corrected chi connectivity index (χ1v) is 2.99. The van der Waals surface area contributed by atoms with Crippen LogP contribution in [0.1, 0.15) is 27.7 Å². The van der Waals surface area contributed by atoms with Crippen molar-refractivity contribution in [1.29, 1.82) is 0 Å². The summed E-state index contributed by atoms with van der Waals surface area (Å²) < 4.78 is 0. The van der Waals surface area contributed by atoms with Gasteiger partial charge in [-0.1, -0.05) is 13.8 Å². The zero-order valence-corrected chi connectivity index (χ0v) is 6.55. The third-order valence-electron chi connectivity index (χ3n) is 1.82. The van der Waals surface area contributed by atoms with E-state index in [1.165, 1.54) is 5.48 Å². The van der Waals surface area contributed by atoms with E-state index in [-0.39, 0.29) is 11.0 Å². The van der Waals surface area contributed by atoms with Gasteiger partial charge in [-0.05, 0) is 13.8 Å². The minimum atomic E-state index is -0.0278. The predicted molar refractivity (Wildman–Crippen MR) is 34.6 cm³/mol. The van der Waals surface area contributed by atoms with Crippen LogP contribution in [-0.2, 0) is 0 Å². The van der Waals surface area contributed by atoms with Crippen LogP contribution < -0.4 is 5.48 Å². The molecular formula is C6H17NO2. The Hall–Kier alpha value is -0.120. The number of quaternary nitrogens is 1. The zero-order chi connectivity index (χ0) is 6.78. The summed E-state index contributed by atoms with van der Waals surface area (Å²) in [5.41, 5.74) is 1.23. The first-order valence-electron chi connectivity index (χ1n) is 2.99. The number of rotatable bonds is 2. The van der Waals surface area contributed by atoms with E-state index in [2.05, 4.69) is 13.8 Å². The Kier molecular flexibility index (Phi) is 4.95. The van der Waals surface area contributed by atoms with Crippen molar-refractivity contribution in [3.05, 3.63) is 0 Å². The highest BCUT2D eigenvalue weighted by Gasteiger charge is 2.24. The Labute approximate surface area is 56.3 Å². The predicted octanol–water partition coefficient (Wildman–Crippen LogP) is 0.197. The van der Waals surface area contributed by atoms with Crippen molar-refractivity contribution in [3.63, 3.8) is 0 Å². The molecule has 0 spiro atoms. The molecule has 0 aliphatic carbocycles. The maximum atomic E-state index is 8.64. The van der Waals surface area contributed by atoms with Crippen molar-refractivity contribution >= 4 is 0 Å². The van der Waals surface area contributed by atoms with Crippen LogP contribution in [0, 0.1) is 5.92 Å². The number of nitrogens with two attached hydrogens (primary N) is 1. The smallest absolute Gasteiger partial charge is 0.122 e. The van der Waals surface area contributed by atoms with Crippen LogP contribution in [0.15, 0.2) is 0 Å². The number of hydroxylamine groups is 1. The van der Waals surface area contributed by atoms with E-state index in [1.54, 1.807) is 0 Å². The van der Waals surface area contributed by atoms with Crippen molar-refractivity contribution in [2.45, 2.75) is 33.2 Å². The molecule has 0 bridgehead atoms.